The van der Waals surface area contributed by atoms with Crippen LogP contribution in [0.3, 0.4) is 0 Å². The van der Waals surface area contributed by atoms with Crippen molar-refractivity contribution < 1.29 is 0 Å². The molecule has 23 heavy (non-hydrogen) atoms. The van der Waals surface area contributed by atoms with Crippen LogP contribution in [0.5, 0.6) is 0 Å². The topological polar surface area (TPSA) is 29.0 Å². The Hall–Kier alpha value is -1.65. The van der Waals surface area contributed by atoms with E-state index in [9.17, 15) is 0 Å². The molecule has 5 heteroatoms. The Morgan fingerprint density at radius 3 is 2.91 bits per heavy atom. The van der Waals surface area contributed by atoms with Gasteiger partial charge in [-0.1, -0.05) is 23.7 Å². The second-order valence-electron chi connectivity index (χ2n) is 6.12. The Kier molecular flexibility index (Phi) is 4.19. The van der Waals surface area contributed by atoms with Gasteiger partial charge in [0, 0.05) is 18.1 Å². The highest BCUT2D eigenvalue weighted by Crippen LogP contribution is 2.30. The molecule has 0 aliphatic carbocycles. The summed E-state index contributed by atoms with van der Waals surface area (Å²) in [5.74, 6) is 1.76. The molecule has 4 rings (SSSR count). The van der Waals surface area contributed by atoms with Crippen molar-refractivity contribution in [2.75, 3.05) is 18.0 Å². The maximum absolute atomic E-state index is 5.98. The monoisotopic (exact) mass is 343 g/mol. The van der Waals surface area contributed by atoms with E-state index >= 15 is 0 Å². The molecule has 3 aromatic rings. The number of aromatic nitrogens is 2. The molecule has 1 atom stereocenters. The van der Waals surface area contributed by atoms with Crippen LogP contribution in [0.25, 0.3) is 10.2 Å². The van der Waals surface area contributed by atoms with Gasteiger partial charge in [-0.25, -0.2) is 9.97 Å². The molecule has 3 heterocycles. The number of thiophene rings is 1. The van der Waals surface area contributed by atoms with Gasteiger partial charge in [0.1, 0.15) is 17.0 Å². The van der Waals surface area contributed by atoms with Gasteiger partial charge in [-0.2, -0.15) is 0 Å². The van der Waals surface area contributed by atoms with Crippen LogP contribution >= 0.6 is 22.9 Å². The number of hydrogen-bond acceptors (Lipinski definition) is 4. The second-order valence-corrected chi connectivity index (χ2v) is 7.45. The summed E-state index contributed by atoms with van der Waals surface area (Å²) >= 11 is 7.66. The lowest BCUT2D eigenvalue weighted by Crippen LogP contribution is -2.36. The van der Waals surface area contributed by atoms with Crippen LogP contribution in [-0.4, -0.2) is 23.1 Å². The quantitative estimate of drug-likeness (QED) is 0.683. The largest absolute Gasteiger partial charge is 0.356 e. The van der Waals surface area contributed by atoms with Gasteiger partial charge in [-0.3, -0.25) is 0 Å². The average molecular weight is 344 g/mol. The van der Waals surface area contributed by atoms with E-state index in [4.69, 9.17) is 11.6 Å². The minimum Gasteiger partial charge on any atom is -0.356 e. The first-order chi connectivity index (χ1) is 11.3. The summed E-state index contributed by atoms with van der Waals surface area (Å²) in [4.78, 5) is 12.4. The van der Waals surface area contributed by atoms with Gasteiger partial charge in [0.05, 0.1) is 5.39 Å². The predicted octanol–water partition coefficient (Wildman–Crippen LogP) is 4.80. The molecular formula is C18H18ClN3S. The number of benzene rings is 1. The zero-order chi connectivity index (χ0) is 15.6. The fourth-order valence-electron chi connectivity index (χ4n) is 3.41. The van der Waals surface area contributed by atoms with Crippen molar-refractivity contribution in [3.8, 4) is 0 Å². The van der Waals surface area contributed by atoms with Crippen molar-refractivity contribution in [1.29, 1.82) is 0 Å². The summed E-state index contributed by atoms with van der Waals surface area (Å²) in [6.07, 6.45) is 5.29. The van der Waals surface area contributed by atoms with E-state index in [0.717, 1.165) is 35.2 Å². The number of rotatable bonds is 3. The van der Waals surface area contributed by atoms with Crippen molar-refractivity contribution in [2.24, 2.45) is 5.92 Å². The molecule has 1 aliphatic heterocycles. The predicted molar refractivity (Wildman–Crippen MR) is 97.5 cm³/mol. The molecule has 0 bridgehead atoms. The highest BCUT2D eigenvalue weighted by Gasteiger charge is 2.22. The standard InChI is InChI=1S/C18H18ClN3S/c19-15-5-3-13(4-6-15)10-14-2-1-8-22(11-14)17-16-7-9-23-18(16)21-12-20-17/h3-7,9,12,14H,1-2,8,10-11H2. The molecule has 1 aromatic carbocycles. The van der Waals surface area contributed by atoms with E-state index in [1.165, 1.54) is 23.8 Å². The van der Waals surface area contributed by atoms with Gasteiger partial charge in [-0.15, -0.1) is 11.3 Å². The second kappa shape index (κ2) is 6.46. The summed E-state index contributed by atoms with van der Waals surface area (Å²) in [5.41, 5.74) is 1.37. The highest BCUT2D eigenvalue weighted by molar-refractivity contribution is 7.16. The number of piperidine rings is 1. The molecule has 0 radical (unpaired) electrons. The van der Waals surface area contributed by atoms with E-state index in [0.29, 0.717) is 5.92 Å². The van der Waals surface area contributed by atoms with Gasteiger partial charge in [-0.05, 0) is 54.3 Å². The third-order valence-electron chi connectivity index (χ3n) is 4.50. The molecule has 0 N–H and O–H groups in total. The van der Waals surface area contributed by atoms with Gasteiger partial charge >= 0.3 is 0 Å². The van der Waals surface area contributed by atoms with Crippen molar-refractivity contribution in [1.82, 2.24) is 9.97 Å². The third-order valence-corrected chi connectivity index (χ3v) is 5.57. The summed E-state index contributed by atoms with van der Waals surface area (Å²) in [6.45, 7) is 2.14. The summed E-state index contributed by atoms with van der Waals surface area (Å²) in [6, 6.07) is 10.4. The van der Waals surface area contributed by atoms with E-state index in [1.54, 1.807) is 17.7 Å². The van der Waals surface area contributed by atoms with E-state index < -0.39 is 0 Å². The molecular weight excluding hydrogens is 326 g/mol. The summed E-state index contributed by atoms with van der Waals surface area (Å²) in [7, 11) is 0. The van der Waals surface area contributed by atoms with Crippen molar-refractivity contribution in [3.05, 3.63) is 52.6 Å². The lowest BCUT2D eigenvalue weighted by molar-refractivity contribution is 0.412. The Balaban J connectivity index is 1.53. The summed E-state index contributed by atoms with van der Waals surface area (Å²) in [5, 5.41) is 4.09. The first-order valence-electron chi connectivity index (χ1n) is 7.97. The Bertz CT molecular complexity index is 799. The first kappa shape index (κ1) is 14.9. The van der Waals surface area contributed by atoms with E-state index in [-0.39, 0.29) is 0 Å². The number of nitrogens with zero attached hydrogens (tertiary/aromatic N) is 3. The van der Waals surface area contributed by atoms with E-state index in [1.807, 2.05) is 12.1 Å². The van der Waals surface area contributed by atoms with Crippen molar-refractivity contribution in [2.45, 2.75) is 19.3 Å². The molecule has 3 nitrogen and oxygen atoms in total. The molecule has 0 amide bonds. The smallest absolute Gasteiger partial charge is 0.140 e. The molecule has 1 aliphatic rings. The highest BCUT2D eigenvalue weighted by atomic mass is 35.5. The lowest BCUT2D eigenvalue weighted by atomic mass is 9.91. The Labute approximate surface area is 144 Å². The number of fused-ring (bicyclic) bond motifs is 1. The SMILES string of the molecule is Clc1ccc(CC2CCCN(c3ncnc4sccc34)C2)cc1. The molecule has 118 valence electrons. The van der Waals surface area contributed by atoms with Crippen LogP contribution in [0.1, 0.15) is 18.4 Å². The molecule has 0 spiro atoms. The van der Waals surface area contributed by atoms with Crippen LogP contribution in [0.2, 0.25) is 5.02 Å². The van der Waals surface area contributed by atoms with Gasteiger partial charge < -0.3 is 4.90 Å². The maximum Gasteiger partial charge on any atom is 0.140 e. The minimum absolute atomic E-state index is 0.661. The third kappa shape index (κ3) is 3.19. The lowest BCUT2D eigenvalue weighted by Gasteiger charge is -2.34. The van der Waals surface area contributed by atoms with Crippen LogP contribution < -0.4 is 4.90 Å². The van der Waals surface area contributed by atoms with Crippen LogP contribution in [0.4, 0.5) is 5.82 Å². The number of anilines is 1. The zero-order valence-electron chi connectivity index (χ0n) is 12.8. The van der Waals surface area contributed by atoms with Crippen molar-refractivity contribution in [3.63, 3.8) is 0 Å². The normalized spacial score (nSPS) is 18.5. The zero-order valence-corrected chi connectivity index (χ0v) is 14.4. The first-order valence-corrected chi connectivity index (χ1v) is 9.23. The number of halogens is 1. The molecule has 1 saturated heterocycles. The average Bonchev–Trinajstić information content (AvgIpc) is 3.06. The fraction of sp³-hybridized carbons (Fsp3) is 0.333. The molecule has 2 aromatic heterocycles. The Morgan fingerprint density at radius 2 is 2.04 bits per heavy atom. The maximum atomic E-state index is 5.98. The van der Waals surface area contributed by atoms with Gasteiger partial charge in [0.2, 0.25) is 0 Å². The van der Waals surface area contributed by atoms with Crippen LogP contribution in [0.15, 0.2) is 42.0 Å². The molecule has 0 saturated carbocycles. The molecule has 1 fully saturated rings. The van der Waals surface area contributed by atoms with E-state index in [2.05, 4.69) is 38.4 Å². The number of hydrogen-bond donors (Lipinski definition) is 0. The van der Waals surface area contributed by atoms with Gasteiger partial charge in [0.15, 0.2) is 0 Å². The minimum atomic E-state index is 0.661. The Morgan fingerprint density at radius 1 is 1.17 bits per heavy atom. The summed E-state index contributed by atoms with van der Waals surface area (Å²) < 4.78 is 0. The van der Waals surface area contributed by atoms with Crippen molar-refractivity contribution >= 4 is 39.0 Å². The molecule has 1 unspecified atom stereocenters. The van der Waals surface area contributed by atoms with Gasteiger partial charge in [0.25, 0.3) is 0 Å². The fourth-order valence-corrected chi connectivity index (χ4v) is 4.26. The van der Waals surface area contributed by atoms with Crippen LogP contribution in [0, 0.1) is 5.92 Å². The van der Waals surface area contributed by atoms with Crippen LogP contribution in [-0.2, 0) is 6.42 Å².